The molecule has 0 spiro atoms. The van der Waals surface area contributed by atoms with Crippen molar-refractivity contribution in [3.05, 3.63) is 30.1 Å². The number of aliphatic hydroxyl groups excluding tert-OH is 1. The van der Waals surface area contributed by atoms with E-state index in [0.29, 0.717) is 12.1 Å². The predicted octanol–water partition coefficient (Wildman–Crippen LogP) is 2.44. The molecule has 106 valence electrons. The lowest BCUT2D eigenvalue weighted by Gasteiger charge is -2.47. The minimum Gasteiger partial charge on any atom is -0.393 e. The van der Waals surface area contributed by atoms with E-state index in [4.69, 9.17) is 4.98 Å². The van der Waals surface area contributed by atoms with E-state index in [1.165, 1.54) is 19.3 Å². The summed E-state index contributed by atoms with van der Waals surface area (Å²) in [6.45, 7) is 0.886. The highest BCUT2D eigenvalue weighted by atomic mass is 16.3. The van der Waals surface area contributed by atoms with Crippen LogP contribution < -0.4 is 0 Å². The maximum atomic E-state index is 9.96. The molecule has 0 aliphatic carbocycles. The Hall–Kier alpha value is -1.39. The standard InChI is InChI=1S/C16H21N3O/c20-13-8-11-4-3-5-12(9-13)19(11)10-16-17-14-6-1-2-7-15(14)18-16/h1-2,6-7,11-13,20H,3-5,8-10H2,(H,17,18)/t11-,12+,13?. The van der Waals surface area contributed by atoms with Crippen LogP contribution in [0.4, 0.5) is 0 Å². The summed E-state index contributed by atoms with van der Waals surface area (Å²) in [4.78, 5) is 10.7. The Morgan fingerprint density at radius 2 is 1.95 bits per heavy atom. The molecule has 3 atom stereocenters. The molecule has 2 aliphatic heterocycles. The molecule has 1 aromatic carbocycles. The summed E-state index contributed by atoms with van der Waals surface area (Å²) in [6.07, 6.45) is 5.49. The molecule has 4 nitrogen and oxygen atoms in total. The number of nitrogens with one attached hydrogen (secondary N) is 1. The molecule has 2 aliphatic rings. The van der Waals surface area contributed by atoms with Crippen LogP contribution >= 0.6 is 0 Å². The van der Waals surface area contributed by atoms with Crippen molar-refractivity contribution in [1.29, 1.82) is 0 Å². The maximum absolute atomic E-state index is 9.96. The average Bonchev–Trinajstić information content (AvgIpc) is 2.82. The summed E-state index contributed by atoms with van der Waals surface area (Å²) in [5, 5.41) is 9.96. The minimum atomic E-state index is -0.0998. The third kappa shape index (κ3) is 2.13. The van der Waals surface area contributed by atoms with Gasteiger partial charge >= 0.3 is 0 Å². The number of nitrogens with zero attached hydrogens (tertiary/aromatic N) is 2. The van der Waals surface area contributed by atoms with Crippen molar-refractivity contribution in [1.82, 2.24) is 14.9 Å². The lowest BCUT2D eigenvalue weighted by Crippen LogP contribution is -2.52. The Balaban J connectivity index is 1.58. The van der Waals surface area contributed by atoms with Crippen molar-refractivity contribution < 1.29 is 5.11 Å². The molecular weight excluding hydrogens is 250 g/mol. The van der Waals surface area contributed by atoms with E-state index in [-0.39, 0.29) is 6.10 Å². The molecule has 2 fully saturated rings. The van der Waals surface area contributed by atoms with E-state index in [1.54, 1.807) is 0 Å². The first-order chi connectivity index (χ1) is 9.79. The van der Waals surface area contributed by atoms with Gasteiger partial charge in [-0.05, 0) is 37.8 Å². The number of hydrogen-bond donors (Lipinski definition) is 2. The van der Waals surface area contributed by atoms with Crippen LogP contribution in [0.2, 0.25) is 0 Å². The highest BCUT2D eigenvalue weighted by molar-refractivity contribution is 5.74. The Morgan fingerprint density at radius 1 is 1.20 bits per heavy atom. The number of fused-ring (bicyclic) bond motifs is 3. The van der Waals surface area contributed by atoms with Crippen molar-refractivity contribution >= 4 is 11.0 Å². The second-order valence-corrected chi connectivity index (χ2v) is 6.24. The van der Waals surface area contributed by atoms with Gasteiger partial charge in [0.15, 0.2) is 0 Å². The molecular formula is C16H21N3O. The molecule has 2 aromatic rings. The molecule has 2 saturated heterocycles. The zero-order valence-electron chi connectivity index (χ0n) is 11.6. The van der Waals surface area contributed by atoms with Crippen molar-refractivity contribution in [2.24, 2.45) is 0 Å². The number of para-hydroxylation sites is 2. The predicted molar refractivity (Wildman–Crippen MR) is 78.3 cm³/mol. The molecule has 0 saturated carbocycles. The van der Waals surface area contributed by atoms with E-state index < -0.39 is 0 Å². The number of imidazole rings is 1. The van der Waals surface area contributed by atoms with Gasteiger partial charge in [0, 0.05) is 12.1 Å². The molecule has 1 unspecified atom stereocenters. The van der Waals surface area contributed by atoms with Crippen LogP contribution in [0.15, 0.2) is 24.3 Å². The quantitative estimate of drug-likeness (QED) is 0.882. The average molecular weight is 271 g/mol. The number of aromatic nitrogens is 2. The minimum absolute atomic E-state index is 0.0998. The van der Waals surface area contributed by atoms with Crippen LogP contribution in [0.5, 0.6) is 0 Å². The fourth-order valence-corrected chi connectivity index (χ4v) is 3.96. The van der Waals surface area contributed by atoms with Crippen molar-refractivity contribution in [3.63, 3.8) is 0 Å². The zero-order valence-corrected chi connectivity index (χ0v) is 11.6. The van der Waals surface area contributed by atoms with Gasteiger partial charge in [-0.25, -0.2) is 4.98 Å². The summed E-state index contributed by atoms with van der Waals surface area (Å²) in [7, 11) is 0. The van der Waals surface area contributed by atoms with Gasteiger partial charge in [-0.15, -0.1) is 0 Å². The van der Waals surface area contributed by atoms with Crippen molar-refractivity contribution in [2.75, 3.05) is 0 Å². The van der Waals surface area contributed by atoms with Crippen LogP contribution in [0.25, 0.3) is 11.0 Å². The Kier molecular flexibility index (Phi) is 3.00. The van der Waals surface area contributed by atoms with Crippen molar-refractivity contribution in [3.8, 4) is 0 Å². The van der Waals surface area contributed by atoms with Gasteiger partial charge in [-0.3, -0.25) is 4.90 Å². The topological polar surface area (TPSA) is 52.1 Å². The normalized spacial score (nSPS) is 30.8. The molecule has 3 heterocycles. The fourth-order valence-electron chi connectivity index (χ4n) is 3.96. The van der Waals surface area contributed by atoms with Gasteiger partial charge in [-0.1, -0.05) is 18.6 Å². The molecule has 4 rings (SSSR count). The monoisotopic (exact) mass is 271 g/mol. The summed E-state index contributed by atoms with van der Waals surface area (Å²) in [5.74, 6) is 1.06. The van der Waals surface area contributed by atoms with Gasteiger partial charge in [0.2, 0.25) is 0 Å². The largest absolute Gasteiger partial charge is 0.393 e. The van der Waals surface area contributed by atoms with Gasteiger partial charge in [0.05, 0.1) is 23.7 Å². The second kappa shape index (κ2) is 4.86. The van der Waals surface area contributed by atoms with Crippen LogP contribution in [0.3, 0.4) is 0 Å². The summed E-state index contributed by atoms with van der Waals surface area (Å²) < 4.78 is 0. The van der Waals surface area contributed by atoms with E-state index >= 15 is 0 Å². The second-order valence-electron chi connectivity index (χ2n) is 6.24. The molecule has 20 heavy (non-hydrogen) atoms. The lowest BCUT2D eigenvalue weighted by molar-refractivity contribution is -0.0323. The van der Waals surface area contributed by atoms with Crippen molar-refractivity contribution in [2.45, 2.75) is 56.8 Å². The zero-order chi connectivity index (χ0) is 13.5. The first-order valence-electron chi connectivity index (χ1n) is 7.67. The molecule has 4 heteroatoms. The first-order valence-corrected chi connectivity index (χ1v) is 7.67. The SMILES string of the molecule is OC1C[C@H]2CCC[C@@H](C1)N2Cc1nc2ccccc2[nH]1. The van der Waals surface area contributed by atoms with E-state index in [1.807, 2.05) is 12.1 Å². The third-order valence-corrected chi connectivity index (χ3v) is 4.87. The van der Waals surface area contributed by atoms with Crippen LogP contribution in [-0.4, -0.2) is 38.2 Å². The Labute approximate surface area is 118 Å². The highest BCUT2D eigenvalue weighted by Gasteiger charge is 2.37. The molecule has 2 bridgehead atoms. The van der Waals surface area contributed by atoms with E-state index in [2.05, 4.69) is 22.0 Å². The van der Waals surface area contributed by atoms with Gasteiger partial charge < -0.3 is 10.1 Å². The number of aliphatic hydroxyl groups is 1. The number of piperidine rings is 2. The summed E-state index contributed by atoms with van der Waals surface area (Å²) in [5.41, 5.74) is 2.16. The van der Waals surface area contributed by atoms with E-state index in [9.17, 15) is 5.11 Å². The molecule has 0 radical (unpaired) electrons. The fraction of sp³-hybridized carbons (Fsp3) is 0.562. The molecule has 1 aromatic heterocycles. The number of H-pyrrole nitrogens is 1. The smallest absolute Gasteiger partial charge is 0.121 e. The van der Waals surface area contributed by atoms with Crippen LogP contribution in [-0.2, 0) is 6.54 Å². The number of rotatable bonds is 2. The van der Waals surface area contributed by atoms with Crippen LogP contribution in [0.1, 0.15) is 37.9 Å². The Morgan fingerprint density at radius 3 is 2.70 bits per heavy atom. The number of hydrogen-bond acceptors (Lipinski definition) is 3. The van der Waals surface area contributed by atoms with E-state index in [0.717, 1.165) is 36.2 Å². The third-order valence-electron chi connectivity index (χ3n) is 4.87. The molecule has 2 N–H and O–H groups in total. The van der Waals surface area contributed by atoms with Gasteiger partial charge in [0.25, 0.3) is 0 Å². The first kappa shape index (κ1) is 12.4. The highest BCUT2D eigenvalue weighted by Crippen LogP contribution is 2.35. The van der Waals surface area contributed by atoms with Gasteiger partial charge in [-0.2, -0.15) is 0 Å². The lowest BCUT2D eigenvalue weighted by atomic mass is 9.83. The van der Waals surface area contributed by atoms with Gasteiger partial charge in [0.1, 0.15) is 5.82 Å². The Bertz CT molecular complexity index is 562. The van der Waals surface area contributed by atoms with Crippen LogP contribution in [0, 0.1) is 0 Å². The number of aromatic amines is 1. The summed E-state index contributed by atoms with van der Waals surface area (Å²) >= 11 is 0. The maximum Gasteiger partial charge on any atom is 0.121 e. The summed E-state index contributed by atoms with van der Waals surface area (Å²) in [6, 6.07) is 9.26. The molecule has 0 amide bonds. The number of benzene rings is 1.